The fraction of sp³-hybridized carbons (Fsp3) is 0.120. The van der Waals surface area contributed by atoms with Gasteiger partial charge in [0.15, 0.2) is 0 Å². The van der Waals surface area contributed by atoms with Crippen LogP contribution < -0.4 is 10.6 Å². The van der Waals surface area contributed by atoms with Gasteiger partial charge in [0.2, 0.25) is 0 Å². The second kappa shape index (κ2) is 9.38. The molecule has 0 aliphatic carbocycles. The van der Waals surface area contributed by atoms with E-state index >= 15 is 0 Å². The third-order valence-corrected chi connectivity index (χ3v) is 4.66. The van der Waals surface area contributed by atoms with Gasteiger partial charge in [-0.25, -0.2) is 0 Å². The predicted molar refractivity (Wildman–Crippen MR) is 116 cm³/mol. The summed E-state index contributed by atoms with van der Waals surface area (Å²) in [6.07, 6.45) is 1.49. The Balaban J connectivity index is 1.83. The molecule has 0 fully saturated rings. The zero-order valence-corrected chi connectivity index (χ0v) is 16.5. The molecular formula is C25H23N3O. The second-order valence-corrected chi connectivity index (χ2v) is 6.86. The van der Waals surface area contributed by atoms with Crippen molar-refractivity contribution in [3.63, 3.8) is 0 Å². The lowest BCUT2D eigenvalue weighted by atomic mass is 9.99. The van der Waals surface area contributed by atoms with E-state index in [2.05, 4.69) is 10.6 Å². The molecule has 0 radical (unpaired) electrons. The molecule has 0 saturated carbocycles. The number of nitrogens with one attached hydrogen (secondary N) is 2. The van der Waals surface area contributed by atoms with Crippen LogP contribution in [0.25, 0.3) is 0 Å². The Morgan fingerprint density at radius 3 is 2.03 bits per heavy atom. The number of carbonyl (C=O) groups excluding carboxylic acids is 1. The fourth-order valence-electron chi connectivity index (χ4n) is 3.13. The molecule has 0 spiro atoms. The summed E-state index contributed by atoms with van der Waals surface area (Å²) in [6, 6.07) is 27.4. The van der Waals surface area contributed by atoms with Crippen molar-refractivity contribution in [3.05, 3.63) is 113 Å². The molecule has 144 valence electrons. The Kier molecular flexibility index (Phi) is 6.44. The molecule has 3 aromatic carbocycles. The predicted octanol–water partition coefficient (Wildman–Crippen LogP) is 5.03. The lowest BCUT2D eigenvalue weighted by Crippen LogP contribution is -2.21. The summed E-state index contributed by atoms with van der Waals surface area (Å²) >= 11 is 0. The van der Waals surface area contributed by atoms with Crippen molar-refractivity contribution in [2.75, 3.05) is 5.32 Å². The minimum atomic E-state index is -0.438. The third-order valence-electron chi connectivity index (χ3n) is 4.66. The monoisotopic (exact) mass is 381 g/mol. The Bertz CT molecular complexity index is 1010. The highest BCUT2D eigenvalue weighted by atomic mass is 16.1. The van der Waals surface area contributed by atoms with E-state index in [0.717, 1.165) is 22.3 Å². The summed E-state index contributed by atoms with van der Waals surface area (Å²) < 4.78 is 0. The zero-order valence-electron chi connectivity index (χ0n) is 16.5. The van der Waals surface area contributed by atoms with Gasteiger partial charge in [-0.3, -0.25) is 4.79 Å². The molecule has 4 nitrogen and oxygen atoms in total. The fourth-order valence-corrected chi connectivity index (χ4v) is 3.13. The van der Waals surface area contributed by atoms with Crippen LogP contribution in [0, 0.1) is 25.2 Å². The van der Waals surface area contributed by atoms with E-state index < -0.39 is 5.91 Å². The summed E-state index contributed by atoms with van der Waals surface area (Å²) in [5, 5.41) is 15.6. The van der Waals surface area contributed by atoms with Gasteiger partial charge in [0.1, 0.15) is 11.6 Å². The lowest BCUT2D eigenvalue weighted by Gasteiger charge is -2.19. The Labute approximate surface area is 171 Å². The molecule has 0 bridgehead atoms. The Morgan fingerprint density at radius 2 is 1.52 bits per heavy atom. The Morgan fingerprint density at radius 1 is 0.931 bits per heavy atom. The van der Waals surface area contributed by atoms with Crippen LogP contribution in [0.2, 0.25) is 0 Å². The molecule has 0 heterocycles. The normalized spacial score (nSPS) is 11.0. The zero-order chi connectivity index (χ0) is 20.6. The van der Waals surface area contributed by atoms with Gasteiger partial charge in [0.25, 0.3) is 5.91 Å². The van der Waals surface area contributed by atoms with E-state index in [1.165, 1.54) is 6.20 Å². The van der Waals surface area contributed by atoms with Gasteiger partial charge in [-0.05, 0) is 36.6 Å². The molecule has 0 atom stereocenters. The van der Waals surface area contributed by atoms with Gasteiger partial charge in [0, 0.05) is 11.9 Å². The first kappa shape index (κ1) is 19.9. The SMILES string of the molecule is Cc1ccc(NC(=O)/C(C#N)=C\NC(c2ccccc2)c2ccccc2)c(C)c1. The van der Waals surface area contributed by atoms with E-state index in [4.69, 9.17) is 0 Å². The van der Waals surface area contributed by atoms with Crippen LogP contribution in [0.4, 0.5) is 5.69 Å². The number of amides is 1. The number of benzene rings is 3. The molecule has 3 rings (SSSR count). The van der Waals surface area contributed by atoms with Crippen molar-refractivity contribution in [1.29, 1.82) is 5.26 Å². The van der Waals surface area contributed by atoms with Crippen LogP contribution in [0.3, 0.4) is 0 Å². The number of nitriles is 1. The summed E-state index contributed by atoms with van der Waals surface area (Å²) in [5.41, 5.74) is 4.87. The average molecular weight is 381 g/mol. The molecule has 0 aromatic heterocycles. The first-order valence-corrected chi connectivity index (χ1v) is 9.43. The third kappa shape index (κ3) is 5.12. The topological polar surface area (TPSA) is 64.9 Å². The van der Waals surface area contributed by atoms with E-state index in [1.54, 1.807) is 0 Å². The van der Waals surface area contributed by atoms with Crippen LogP contribution in [0.1, 0.15) is 28.3 Å². The van der Waals surface area contributed by atoms with Gasteiger partial charge >= 0.3 is 0 Å². The number of aryl methyl sites for hydroxylation is 2. The number of carbonyl (C=O) groups is 1. The maximum atomic E-state index is 12.6. The number of hydrogen-bond donors (Lipinski definition) is 2. The van der Waals surface area contributed by atoms with Gasteiger partial charge in [-0.1, -0.05) is 78.4 Å². The number of rotatable bonds is 6. The summed E-state index contributed by atoms with van der Waals surface area (Å²) in [6.45, 7) is 3.92. The van der Waals surface area contributed by atoms with Gasteiger partial charge < -0.3 is 10.6 Å². The molecule has 4 heteroatoms. The van der Waals surface area contributed by atoms with Gasteiger partial charge in [-0.2, -0.15) is 5.26 Å². The molecule has 0 unspecified atom stereocenters. The van der Waals surface area contributed by atoms with Crippen LogP contribution in [-0.2, 0) is 4.79 Å². The molecular weight excluding hydrogens is 358 g/mol. The Hall–Kier alpha value is -3.84. The smallest absolute Gasteiger partial charge is 0.267 e. The van der Waals surface area contributed by atoms with Crippen molar-refractivity contribution in [1.82, 2.24) is 5.32 Å². The van der Waals surface area contributed by atoms with E-state index in [9.17, 15) is 10.1 Å². The minimum Gasteiger partial charge on any atom is -0.379 e. The van der Waals surface area contributed by atoms with Gasteiger partial charge in [0.05, 0.1) is 6.04 Å². The summed E-state index contributed by atoms with van der Waals surface area (Å²) in [4.78, 5) is 12.6. The number of anilines is 1. The molecule has 2 N–H and O–H groups in total. The minimum absolute atomic E-state index is 0.0156. The average Bonchev–Trinajstić information content (AvgIpc) is 2.74. The quantitative estimate of drug-likeness (QED) is 0.465. The molecule has 0 aliphatic rings. The van der Waals surface area contributed by atoms with Crippen molar-refractivity contribution < 1.29 is 4.79 Å². The molecule has 29 heavy (non-hydrogen) atoms. The highest BCUT2D eigenvalue weighted by Crippen LogP contribution is 2.22. The lowest BCUT2D eigenvalue weighted by molar-refractivity contribution is -0.112. The van der Waals surface area contributed by atoms with Crippen molar-refractivity contribution >= 4 is 11.6 Å². The standard InChI is InChI=1S/C25H23N3O/c1-18-13-14-23(19(2)15-18)28-25(29)22(16-26)17-27-24(20-9-5-3-6-10-20)21-11-7-4-8-12-21/h3-15,17,24,27H,1-2H3,(H,28,29)/b22-17-. The molecule has 0 saturated heterocycles. The van der Waals surface area contributed by atoms with Crippen LogP contribution in [-0.4, -0.2) is 5.91 Å². The molecule has 0 aliphatic heterocycles. The van der Waals surface area contributed by atoms with Crippen LogP contribution >= 0.6 is 0 Å². The largest absolute Gasteiger partial charge is 0.379 e. The summed E-state index contributed by atoms with van der Waals surface area (Å²) in [7, 11) is 0. The van der Waals surface area contributed by atoms with Crippen molar-refractivity contribution in [3.8, 4) is 6.07 Å². The second-order valence-electron chi connectivity index (χ2n) is 6.86. The van der Waals surface area contributed by atoms with Crippen molar-refractivity contribution in [2.24, 2.45) is 0 Å². The number of nitrogens with zero attached hydrogens (tertiary/aromatic N) is 1. The maximum absolute atomic E-state index is 12.6. The van der Waals surface area contributed by atoms with E-state index in [0.29, 0.717) is 5.69 Å². The summed E-state index contributed by atoms with van der Waals surface area (Å²) in [5.74, 6) is -0.438. The van der Waals surface area contributed by atoms with E-state index in [-0.39, 0.29) is 11.6 Å². The van der Waals surface area contributed by atoms with Gasteiger partial charge in [-0.15, -0.1) is 0 Å². The van der Waals surface area contributed by atoms with E-state index in [1.807, 2.05) is 98.8 Å². The molecule has 1 amide bonds. The highest BCUT2D eigenvalue weighted by Gasteiger charge is 2.15. The maximum Gasteiger partial charge on any atom is 0.267 e. The first-order valence-electron chi connectivity index (χ1n) is 9.43. The van der Waals surface area contributed by atoms with Crippen LogP contribution in [0.5, 0.6) is 0 Å². The number of hydrogen-bond acceptors (Lipinski definition) is 3. The van der Waals surface area contributed by atoms with Crippen molar-refractivity contribution in [2.45, 2.75) is 19.9 Å². The molecule has 3 aromatic rings. The highest BCUT2D eigenvalue weighted by molar-refractivity contribution is 6.06. The first-order chi connectivity index (χ1) is 14.1. The van der Waals surface area contributed by atoms with Crippen LogP contribution in [0.15, 0.2) is 90.6 Å².